The Morgan fingerprint density at radius 3 is 2.75 bits per heavy atom. The van der Waals surface area contributed by atoms with Crippen LogP contribution in [0.1, 0.15) is 17.4 Å². The fourth-order valence-electron chi connectivity index (χ4n) is 1.52. The Bertz CT molecular complexity index is 473. The van der Waals surface area contributed by atoms with Crippen LogP contribution in [0.3, 0.4) is 0 Å². The molecule has 3 nitrogen and oxygen atoms in total. The Labute approximate surface area is 101 Å². The largest absolute Gasteiger partial charge is 0.467 e. The van der Waals surface area contributed by atoms with E-state index in [0.717, 1.165) is 0 Å². The van der Waals surface area contributed by atoms with Gasteiger partial charge in [0.05, 0.1) is 10.7 Å². The van der Waals surface area contributed by atoms with E-state index in [-0.39, 0.29) is 5.82 Å². The van der Waals surface area contributed by atoms with Crippen molar-refractivity contribution in [2.75, 3.05) is 0 Å². The summed E-state index contributed by atoms with van der Waals surface area (Å²) < 4.78 is 19.5. The molecule has 1 aromatic heterocycles. The van der Waals surface area contributed by atoms with E-state index < -0.39 is 6.04 Å². The van der Waals surface area contributed by atoms with Crippen LogP contribution in [-0.2, 0) is 0 Å². The van der Waals surface area contributed by atoms with Gasteiger partial charge in [0, 0.05) is 5.56 Å². The first-order valence-electron chi connectivity index (χ1n) is 4.67. The lowest BCUT2D eigenvalue weighted by Crippen LogP contribution is -2.29. The average molecular weight is 285 g/mol. The first-order valence-corrected chi connectivity index (χ1v) is 5.46. The minimum Gasteiger partial charge on any atom is -0.467 e. The number of rotatable bonds is 3. The first-order chi connectivity index (χ1) is 7.74. The molecule has 0 aliphatic heterocycles. The van der Waals surface area contributed by atoms with Gasteiger partial charge in [0.15, 0.2) is 0 Å². The van der Waals surface area contributed by atoms with Crippen molar-refractivity contribution in [3.05, 3.63) is 58.2 Å². The molecule has 0 amide bonds. The van der Waals surface area contributed by atoms with E-state index in [1.807, 2.05) is 0 Å². The highest BCUT2D eigenvalue weighted by atomic mass is 79.9. The zero-order chi connectivity index (χ0) is 11.5. The van der Waals surface area contributed by atoms with Crippen molar-refractivity contribution in [3.63, 3.8) is 0 Å². The van der Waals surface area contributed by atoms with Crippen molar-refractivity contribution in [2.45, 2.75) is 6.04 Å². The minimum atomic E-state index is -0.493. The molecular weight excluding hydrogens is 275 g/mol. The molecule has 3 N–H and O–H groups in total. The van der Waals surface area contributed by atoms with E-state index in [4.69, 9.17) is 10.3 Å². The Morgan fingerprint density at radius 2 is 2.12 bits per heavy atom. The predicted octanol–water partition coefficient (Wildman–Crippen LogP) is 2.73. The molecule has 1 aromatic carbocycles. The molecule has 0 aliphatic rings. The van der Waals surface area contributed by atoms with Crippen LogP contribution in [0, 0.1) is 5.82 Å². The molecule has 2 rings (SSSR count). The highest BCUT2D eigenvalue weighted by molar-refractivity contribution is 9.10. The smallest absolute Gasteiger partial charge is 0.142 e. The summed E-state index contributed by atoms with van der Waals surface area (Å²) in [5.74, 6) is 5.65. The van der Waals surface area contributed by atoms with Gasteiger partial charge in [0.2, 0.25) is 0 Å². The third kappa shape index (κ3) is 2.02. The molecule has 0 bridgehead atoms. The van der Waals surface area contributed by atoms with Crippen LogP contribution in [0.4, 0.5) is 4.39 Å². The summed E-state index contributed by atoms with van der Waals surface area (Å²) in [4.78, 5) is 0. The van der Waals surface area contributed by atoms with Gasteiger partial charge in [-0.1, -0.05) is 12.1 Å². The number of nitrogens with one attached hydrogen (secondary N) is 1. The summed E-state index contributed by atoms with van der Waals surface area (Å²) in [6, 6.07) is 8.02. The van der Waals surface area contributed by atoms with Crippen LogP contribution >= 0.6 is 15.9 Å². The van der Waals surface area contributed by atoms with Gasteiger partial charge in [-0.2, -0.15) is 0 Å². The molecule has 1 atom stereocenters. The molecule has 5 heteroatoms. The number of halogens is 2. The summed E-state index contributed by atoms with van der Waals surface area (Å²) in [6.07, 6.45) is 1.52. The Balaban J connectivity index is 2.45. The molecule has 84 valence electrons. The van der Waals surface area contributed by atoms with Gasteiger partial charge in [0.1, 0.15) is 17.6 Å². The maximum absolute atomic E-state index is 13.8. The van der Waals surface area contributed by atoms with E-state index >= 15 is 0 Å². The predicted molar refractivity (Wildman–Crippen MR) is 62.0 cm³/mol. The number of benzene rings is 1. The normalized spacial score (nSPS) is 12.7. The average Bonchev–Trinajstić information content (AvgIpc) is 2.79. The van der Waals surface area contributed by atoms with Gasteiger partial charge in [-0.15, -0.1) is 0 Å². The van der Waals surface area contributed by atoms with Gasteiger partial charge in [-0.25, -0.2) is 9.82 Å². The van der Waals surface area contributed by atoms with Gasteiger partial charge in [-0.05, 0) is 34.1 Å². The van der Waals surface area contributed by atoms with E-state index in [0.29, 0.717) is 15.8 Å². The molecule has 0 spiro atoms. The lowest BCUT2D eigenvalue weighted by atomic mass is 10.0. The van der Waals surface area contributed by atoms with Crippen LogP contribution in [0.2, 0.25) is 0 Å². The Hall–Kier alpha value is -1.17. The molecular formula is C11H10BrFN2O. The molecule has 1 heterocycles. The third-order valence-electron chi connectivity index (χ3n) is 2.29. The SMILES string of the molecule is NNC(c1ccco1)c1cccc(Br)c1F. The second kappa shape index (κ2) is 4.78. The van der Waals surface area contributed by atoms with E-state index in [9.17, 15) is 4.39 Å². The molecule has 0 radical (unpaired) electrons. The van der Waals surface area contributed by atoms with Crippen LogP contribution in [-0.4, -0.2) is 0 Å². The van der Waals surface area contributed by atoms with Gasteiger partial charge < -0.3 is 4.42 Å². The quantitative estimate of drug-likeness (QED) is 0.673. The van der Waals surface area contributed by atoms with E-state index in [1.54, 1.807) is 30.3 Å². The van der Waals surface area contributed by atoms with Crippen LogP contribution in [0.15, 0.2) is 45.5 Å². The molecule has 0 aliphatic carbocycles. The minimum absolute atomic E-state index is 0.346. The van der Waals surface area contributed by atoms with Crippen molar-refractivity contribution < 1.29 is 8.81 Å². The fourth-order valence-corrected chi connectivity index (χ4v) is 1.91. The summed E-state index contributed by atoms with van der Waals surface area (Å²) in [6.45, 7) is 0. The third-order valence-corrected chi connectivity index (χ3v) is 2.90. The topological polar surface area (TPSA) is 51.2 Å². The van der Waals surface area contributed by atoms with E-state index in [1.165, 1.54) is 6.26 Å². The molecule has 16 heavy (non-hydrogen) atoms. The van der Waals surface area contributed by atoms with Crippen molar-refractivity contribution in [3.8, 4) is 0 Å². The van der Waals surface area contributed by atoms with E-state index in [2.05, 4.69) is 21.4 Å². The Kier molecular flexibility index (Phi) is 3.38. The van der Waals surface area contributed by atoms with Gasteiger partial charge in [0.25, 0.3) is 0 Å². The lowest BCUT2D eigenvalue weighted by molar-refractivity contribution is 0.441. The number of hydrogen-bond acceptors (Lipinski definition) is 3. The van der Waals surface area contributed by atoms with Gasteiger partial charge in [-0.3, -0.25) is 5.84 Å². The molecule has 0 fully saturated rings. The molecule has 1 unspecified atom stereocenters. The fraction of sp³-hybridized carbons (Fsp3) is 0.0909. The van der Waals surface area contributed by atoms with Crippen LogP contribution in [0.25, 0.3) is 0 Å². The van der Waals surface area contributed by atoms with Crippen molar-refractivity contribution >= 4 is 15.9 Å². The first kappa shape index (κ1) is 11.3. The van der Waals surface area contributed by atoms with Crippen molar-refractivity contribution in [1.82, 2.24) is 5.43 Å². The van der Waals surface area contributed by atoms with Gasteiger partial charge >= 0.3 is 0 Å². The monoisotopic (exact) mass is 284 g/mol. The number of hydrogen-bond donors (Lipinski definition) is 2. The standard InChI is InChI=1S/C11H10BrFN2O/c12-8-4-1-3-7(10(8)13)11(15-14)9-5-2-6-16-9/h1-6,11,15H,14H2. The second-order valence-corrected chi connectivity index (χ2v) is 4.11. The number of nitrogens with two attached hydrogens (primary N) is 1. The lowest BCUT2D eigenvalue weighted by Gasteiger charge is -2.15. The molecule has 2 aromatic rings. The number of furan rings is 1. The zero-order valence-corrected chi connectivity index (χ0v) is 9.87. The van der Waals surface area contributed by atoms with Crippen LogP contribution in [0.5, 0.6) is 0 Å². The molecule has 0 saturated heterocycles. The summed E-state index contributed by atoms with van der Waals surface area (Å²) >= 11 is 3.13. The van der Waals surface area contributed by atoms with Crippen molar-refractivity contribution in [2.24, 2.45) is 5.84 Å². The second-order valence-electron chi connectivity index (χ2n) is 3.26. The maximum Gasteiger partial charge on any atom is 0.142 e. The molecule has 0 saturated carbocycles. The highest BCUT2D eigenvalue weighted by Crippen LogP contribution is 2.27. The zero-order valence-electron chi connectivity index (χ0n) is 8.28. The van der Waals surface area contributed by atoms with Crippen molar-refractivity contribution in [1.29, 1.82) is 0 Å². The summed E-state index contributed by atoms with van der Waals surface area (Å²) in [5, 5.41) is 0. The number of hydrazine groups is 1. The maximum atomic E-state index is 13.8. The summed E-state index contributed by atoms with van der Waals surface area (Å²) in [7, 11) is 0. The summed E-state index contributed by atoms with van der Waals surface area (Å²) in [5.41, 5.74) is 2.97. The van der Waals surface area contributed by atoms with Crippen LogP contribution < -0.4 is 11.3 Å². The Morgan fingerprint density at radius 1 is 1.31 bits per heavy atom. The highest BCUT2D eigenvalue weighted by Gasteiger charge is 2.19.